The summed E-state index contributed by atoms with van der Waals surface area (Å²) in [5, 5.41) is 23.7. The third-order valence-corrected chi connectivity index (χ3v) is 7.97. The van der Waals surface area contributed by atoms with E-state index in [0.717, 1.165) is 44.6 Å². The number of nitrogens with zero attached hydrogens (tertiary/aromatic N) is 4. The fourth-order valence-corrected chi connectivity index (χ4v) is 5.33. The summed E-state index contributed by atoms with van der Waals surface area (Å²) < 4.78 is 1.74. The summed E-state index contributed by atoms with van der Waals surface area (Å²) in [6.07, 6.45) is 1.45. The number of hydrogen-bond donors (Lipinski definition) is 2. The SMILES string of the molecule is CC=NN(C(=O)c1ccc(C(=O)NCc2cc(C)n(C)n2)s1)c1cc(-c2ccc(Cl)c(Cl)c2)sc1O. The lowest BCUT2D eigenvalue weighted by Gasteiger charge is -2.14. The molecule has 2 amide bonds. The van der Waals surface area contributed by atoms with Crippen LogP contribution in [0.1, 0.15) is 37.7 Å². The molecule has 0 spiro atoms. The van der Waals surface area contributed by atoms with Gasteiger partial charge in [-0.05, 0) is 55.8 Å². The van der Waals surface area contributed by atoms with Gasteiger partial charge < -0.3 is 10.4 Å². The Kier molecular flexibility index (Phi) is 7.79. The van der Waals surface area contributed by atoms with E-state index in [1.54, 1.807) is 48.0 Å². The third kappa shape index (κ3) is 5.46. The molecule has 12 heteroatoms. The monoisotopic (exact) mass is 561 g/mol. The van der Waals surface area contributed by atoms with E-state index in [1.165, 1.54) is 6.21 Å². The molecule has 8 nitrogen and oxygen atoms in total. The van der Waals surface area contributed by atoms with Crippen molar-refractivity contribution in [2.24, 2.45) is 12.1 Å². The summed E-state index contributed by atoms with van der Waals surface area (Å²) in [5.74, 6) is -0.792. The highest BCUT2D eigenvalue weighted by atomic mass is 35.5. The van der Waals surface area contributed by atoms with Gasteiger partial charge in [0.05, 0.1) is 32.0 Å². The van der Waals surface area contributed by atoms with Gasteiger partial charge in [-0.2, -0.15) is 15.2 Å². The van der Waals surface area contributed by atoms with Crippen LogP contribution in [0.15, 0.2) is 47.6 Å². The minimum absolute atomic E-state index is 0.0878. The Hall–Kier alpha value is -3.18. The van der Waals surface area contributed by atoms with E-state index >= 15 is 0 Å². The molecule has 0 unspecified atom stereocenters. The molecule has 3 aromatic heterocycles. The van der Waals surface area contributed by atoms with Gasteiger partial charge in [0.15, 0.2) is 5.06 Å². The van der Waals surface area contributed by atoms with Crippen LogP contribution >= 0.6 is 45.9 Å². The number of anilines is 1. The molecular weight excluding hydrogens is 541 g/mol. The molecule has 0 aliphatic rings. The number of amides is 2. The number of rotatable bonds is 7. The second-order valence-electron chi connectivity index (χ2n) is 7.67. The fourth-order valence-electron chi connectivity index (χ4n) is 3.31. The number of hydrazone groups is 1. The van der Waals surface area contributed by atoms with Crippen molar-refractivity contribution in [3.63, 3.8) is 0 Å². The van der Waals surface area contributed by atoms with Crippen LogP contribution in [0, 0.1) is 6.92 Å². The number of thiophene rings is 2. The first-order valence-corrected chi connectivity index (χ1v) is 13.1. The van der Waals surface area contributed by atoms with Crippen molar-refractivity contribution < 1.29 is 14.7 Å². The average Bonchev–Trinajstić information content (AvgIpc) is 3.56. The van der Waals surface area contributed by atoms with Crippen molar-refractivity contribution >= 4 is 69.6 Å². The molecule has 36 heavy (non-hydrogen) atoms. The first-order valence-electron chi connectivity index (χ1n) is 10.7. The van der Waals surface area contributed by atoms with E-state index in [1.807, 2.05) is 20.0 Å². The van der Waals surface area contributed by atoms with Gasteiger partial charge in [-0.25, -0.2) is 0 Å². The number of carbonyl (C=O) groups excluding carboxylic acids is 2. The molecule has 0 atom stereocenters. The van der Waals surface area contributed by atoms with Crippen LogP contribution in [-0.4, -0.2) is 32.9 Å². The molecule has 4 rings (SSSR count). The van der Waals surface area contributed by atoms with Crippen molar-refractivity contribution in [3.8, 4) is 15.5 Å². The smallest absolute Gasteiger partial charge is 0.288 e. The van der Waals surface area contributed by atoms with Crippen molar-refractivity contribution in [3.05, 3.63) is 73.7 Å². The van der Waals surface area contributed by atoms with Gasteiger partial charge in [0, 0.05) is 23.8 Å². The summed E-state index contributed by atoms with van der Waals surface area (Å²) in [5.41, 5.74) is 2.68. The van der Waals surface area contributed by atoms with Crippen molar-refractivity contribution in [2.75, 3.05) is 5.01 Å². The molecular formula is C24H21Cl2N5O3S2. The Balaban J connectivity index is 1.53. The number of aromatic nitrogens is 2. The van der Waals surface area contributed by atoms with Crippen molar-refractivity contribution in [2.45, 2.75) is 20.4 Å². The zero-order chi connectivity index (χ0) is 26.0. The van der Waals surface area contributed by atoms with Crippen LogP contribution in [0.3, 0.4) is 0 Å². The minimum Gasteiger partial charge on any atom is -0.498 e. The van der Waals surface area contributed by atoms with Crippen LogP contribution in [-0.2, 0) is 13.6 Å². The standard InChI is InChI=1S/C24H21Cl2N5O3S2/c1-4-28-31(18-11-21(36-24(18)34)14-5-6-16(25)17(26)10-14)23(33)20-8-7-19(35-20)22(32)27-12-15-9-13(2)30(3)29-15/h4-11,34H,12H2,1-3H3,(H,27,32). The Morgan fingerprint density at radius 2 is 1.89 bits per heavy atom. The normalized spacial score (nSPS) is 11.2. The van der Waals surface area contributed by atoms with Gasteiger partial charge in [-0.15, -0.1) is 11.3 Å². The van der Waals surface area contributed by atoms with Gasteiger partial charge >= 0.3 is 0 Å². The molecule has 0 bridgehead atoms. The third-order valence-electron chi connectivity index (χ3n) is 5.18. The van der Waals surface area contributed by atoms with Gasteiger partial charge in [0.25, 0.3) is 11.8 Å². The molecule has 3 heterocycles. The number of benzene rings is 1. The fraction of sp³-hybridized carbons (Fsp3) is 0.167. The second-order valence-corrected chi connectivity index (χ2v) is 10.6. The number of hydrogen-bond acceptors (Lipinski definition) is 7. The van der Waals surface area contributed by atoms with Crippen LogP contribution in [0.25, 0.3) is 10.4 Å². The summed E-state index contributed by atoms with van der Waals surface area (Å²) in [7, 11) is 1.83. The molecule has 0 saturated carbocycles. The molecule has 186 valence electrons. The van der Waals surface area contributed by atoms with Crippen LogP contribution in [0.2, 0.25) is 10.0 Å². The lowest BCUT2D eigenvalue weighted by atomic mass is 10.2. The average molecular weight is 563 g/mol. The molecule has 0 aliphatic heterocycles. The van der Waals surface area contributed by atoms with E-state index in [-0.39, 0.29) is 23.2 Å². The van der Waals surface area contributed by atoms with E-state index < -0.39 is 5.91 Å². The number of carbonyl (C=O) groups is 2. The van der Waals surface area contributed by atoms with E-state index in [4.69, 9.17) is 23.2 Å². The van der Waals surface area contributed by atoms with E-state index in [9.17, 15) is 14.7 Å². The Morgan fingerprint density at radius 1 is 1.14 bits per heavy atom. The predicted molar refractivity (Wildman–Crippen MR) is 146 cm³/mol. The molecule has 0 fully saturated rings. The summed E-state index contributed by atoms with van der Waals surface area (Å²) in [4.78, 5) is 27.3. The zero-order valence-electron chi connectivity index (χ0n) is 19.5. The summed E-state index contributed by atoms with van der Waals surface area (Å²) in [6, 6.07) is 11.8. The number of halogens is 2. The van der Waals surface area contributed by atoms with Gasteiger partial charge in [-0.3, -0.25) is 14.3 Å². The number of aryl methyl sites for hydroxylation is 2. The van der Waals surface area contributed by atoms with Crippen LogP contribution in [0.5, 0.6) is 5.06 Å². The lowest BCUT2D eigenvalue weighted by molar-refractivity contribution is 0.0953. The second kappa shape index (κ2) is 10.8. The maximum Gasteiger partial charge on any atom is 0.288 e. The molecule has 1 aromatic carbocycles. The maximum atomic E-state index is 13.3. The first-order chi connectivity index (χ1) is 17.2. The van der Waals surface area contributed by atoms with Gasteiger partial charge in [0.2, 0.25) is 0 Å². The van der Waals surface area contributed by atoms with Gasteiger partial charge in [0.1, 0.15) is 5.69 Å². The molecule has 2 N–H and O–H groups in total. The largest absolute Gasteiger partial charge is 0.498 e. The zero-order valence-corrected chi connectivity index (χ0v) is 22.6. The predicted octanol–water partition coefficient (Wildman–Crippen LogP) is 6.11. The highest BCUT2D eigenvalue weighted by Gasteiger charge is 2.25. The Bertz CT molecular complexity index is 1450. The van der Waals surface area contributed by atoms with Crippen LogP contribution < -0.4 is 10.3 Å². The number of nitrogens with one attached hydrogen (secondary N) is 1. The topological polar surface area (TPSA) is 99.8 Å². The van der Waals surface area contributed by atoms with Gasteiger partial charge in [-0.1, -0.05) is 40.6 Å². The Morgan fingerprint density at radius 3 is 2.56 bits per heavy atom. The van der Waals surface area contributed by atoms with Crippen molar-refractivity contribution in [1.82, 2.24) is 15.1 Å². The molecule has 0 radical (unpaired) electrons. The first kappa shape index (κ1) is 25.9. The molecule has 0 aliphatic carbocycles. The summed E-state index contributed by atoms with van der Waals surface area (Å²) >= 11 is 14.3. The maximum absolute atomic E-state index is 13.3. The highest BCUT2D eigenvalue weighted by Crippen LogP contribution is 2.43. The van der Waals surface area contributed by atoms with E-state index in [0.29, 0.717) is 24.7 Å². The van der Waals surface area contributed by atoms with Crippen molar-refractivity contribution in [1.29, 1.82) is 0 Å². The molecule has 0 saturated heterocycles. The number of aromatic hydroxyl groups is 1. The van der Waals surface area contributed by atoms with Crippen LogP contribution in [0.4, 0.5) is 5.69 Å². The highest BCUT2D eigenvalue weighted by molar-refractivity contribution is 7.18. The molecule has 4 aromatic rings. The quantitative estimate of drug-likeness (QED) is 0.210. The lowest BCUT2D eigenvalue weighted by Crippen LogP contribution is -2.24. The van der Waals surface area contributed by atoms with E-state index in [2.05, 4.69) is 15.5 Å². The minimum atomic E-state index is -0.480. The summed E-state index contributed by atoms with van der Waals surface area (Å²) in [6.45, 7) is 3.86. The Labute approximate surface area is 225 Å².